The second kappa shape index (κ2) is 6.35. The van der Waals surface area contributed by atoms with E-state index < -0.39 is 0 Å². The first-order valence-corrected chi connectivity index (χ1v) is 7.55. The van der Waals surface area contributed by atoms with E-state index in [9.17, 15) is 4.79 Å². The normalized spacial score (nSPS) is 19.6. The Hall–Kier alpha value is -1.13. The monoisotopic (exact) mass is 278 g/mol. The van der Waals surface area contributed by atoms with Gasteiger partial charge in [-0.3, -0.25) is 9.69 Å². The molecule has 1 amide bonds. The molecule has 1 aliphatic rings. The second-order valence-electron chi connectivity index (χ2n) is 5.33. The lowest BCUT2D eigenvalue weighted by Gasteiger charge is -2.20. The summed E-state index contributed by atoms with van der Waals surface area (Å²) in [4.78, 5) is 18.5. The molecule has 104 valence electrons. The zero-order valence-corrected chi connectivity index (χ0v) is 12.6. The number of hydrogen-bond donors (Lipinski definition) is 0. The highest BCUT2D eigenvalue weighted by Gasteiger charge is 2.24. The molecule has 2 heterocycles. The summed E-state index contributed by atoms with van der Waals surface area (Å²) in [6, 6.07) is 4.41. The summed E-state index contributed by atoms with van der Waals surface area (Å²) < 4.78 is 0. The molecule has 3 nitrogen and oxygen atoms in total. The van der Waals surface area contributed by atoms with Gasteiger partial charge in [-0.2, -0.15) is 0 Å². The third-order valence-corrected chi connectivity index (χ3v) is 4.61. The van der Waals surface area contributed by atoms with Crippen molar-refractivity contribution >= 4 is 17.2 Å². The summed E-state index contributed by atoms with van der Waals surface area (Å²) in [5, 5.41) is 0. The van der Waals surface area contributed by atoms with Crippen LogP contribution in [0.15, 0.2) is 24.8 Å². The summed E-state index contributed by atoms with van der Waals surface area (Å²) in [5.74, 6) is 0.613. The van der Waals surface area contributed by atoms with Gasteiger partial charge in [0.15, 0.2) is 0 Å². The SMILES string of the molecule is C=CC(=O)N(C)CC1CCN(Cc2ccc(C)s2)C1. The van der Waals surface area contributed by atoms with Gasteiger partial charge in [-0.05, 0) is 44.0 Å². The van der Waals surface area contributed by atoms with Gasteiger partial charge in [0.25, 0.3) is 0 Å². The topological polar surface area (TPSA) is 23.6 Å². The van der Waals surface area contributed by atoms with Crippen LogP contribution in [-0.2, 0) is 11.3 Å². The Balaban J connectivity index is 1.80. The van der Waals surface area contributed by atoms with Crippen molar-refractivity contribution in [1.82, 2.24) is 9.80 Å². The van der Waals surface area contributed by atoms with Crippen LogP contribution in [-0.4, -0.2) is 42.4 Å². The Morgan fingerprint density at radius 3 is 3.05 bits per heavy atom. The lowest BCUT2D eigenvalue weighted by molar-refractivity contribution is -0.125. The van der Waals surface area contributed by atoms with Gasteiger partial charge in [-0.25, -0.2) is 0 Å². The van der Waals surface area contributed by atoms with Gasteiger partial charge in [0.2, 0.25) is 5.91 Å². The number of amides is 1. The highest BCUT2D eigenvalue weighted by atomic mass is 32.1. The smallest absolute Gasteiger partial charge is 0.245 e. The molecular weight excluding hydrogens is 256 g/mol. The van der Waals surface area contributed by atoms with E-state index in [4.69, 9.17) is 0 Å². The molecule has 2 rings (SSSR count). The van der Waals surface area contributed by atoms with Gasteiger partial charge >= 0.3 is 0 Å². The number of likely N-dealkylation sites (tertiary alicyclic amines) is 1. The average Bonchev–Trinajstić information content (AvgIpc) is 2.98. The lowest BCUT2D eigenvalue weighted by Crippen LogP contribution is -2.31. The molecule has 0 bridgehead atoms. The maximum atomic E-state index is 11.5. The first-order chi connectivity index (χ1) is 9.08. The maximum Gasteiger partial charge on any atom is 0.245 e. The first-order valence-electron chi connectivity index (χ1n) is 6.73. The van der Waals surface area contributed by atoms with Crippen LogP contribution in [0.2, 0.25) is 0 Å². The lowest BCUT2D eigenvalue weighted by atomic mass is 10.1. The summed E-state index contributed by atoms with van der Waals surface area (Å²) in [6.45, 7) is 9.79. The van der Waals surface area contributed by atoms with Crippen molar-refractivity contribution in [2.45, 2.75) is 19.9 Å². The summed E-state index contributed by atoms with van der Waals surface area (Å²) in [6.07, 6.45) is 2.57. The fourth-order valence-corrected chi connectivity index (χ4v) is 3.56. The van der Waals surface area contributed by atoms with Crippen molar-refractivity contribution in [1.29, 1.82) is 0 Å². The first kappa shape index (κ1) is 14.3. The summed E-state index contributed by atoms with van der Waals surface area (Å²) in [7, 11) is 1.86. The van der Waals surface area contributed by atoms with Crippen molar-refractivity contribution in [2.24, 2.45) is 5.92 Å². The highest BCUT2D eigenvalue weighted by molar-refractivity contribution is 7.11. The molecule has 1 aliphatic heterocycles. The van der Waals surface area contributed by atoms with Crippen LogP contribution < -0.4 is 0 Å². The number of carbonyl (C=O) groups excluding carboxylic acids is 1. The zero-order valence-electron chi connectivity index (χ0n) is 11.8. The molecule has 4 heteroatoms. The Morgan fingerprint density at radius 1 is 1.63 bits per heavy atom. The standard InChI is InChI=1S/C15H22N2OS/c1-4-15(18)16(3)9-13-7-8-17(10-13)11-14-6-5-12(2)19-14/h4-6,13H,1,7-11H2,2-3H3. The number of nitrogens with zero attached hydrogens (tertiary/aromatic N) is 2. The van der Waals surface area contributed by atoms with Crippen LogP contribution in [0.3, 0.4) is 0 Å². The summed E-state index contributed by atoms with van der Waals surface area (Å²) >= 11 is 1.88. The molecule has 1 aromatic rings. The van der Waals surface area contributed by atoms with Gasteiger partial charge < -0.3 is 4.90 Å². The van der Waals surface area contributed by atoms with Gasteiger partial charge in [0.1, 0.15) is 0 Å². The Morgan fingerprint density at radius 2 is 2.42 bits per heavy atom. The van der Waals surface area contributed by atoms with Crippen molar-refractivity contribution in [2.75, 3.05) is 26.7 Å². The number of thiophene rings is 1. The summed E-state index contributed by atoms with van der Waals surface area (Å²) in [5.41, 5.74) is 0. The number of hydrogen-bond acceptors (Lipinski definition) is 3. The third-order valence-electron chi connectivity index (χ3n) is 3.63. The minimum Gasteiger partial charge on any atom is -0.342 e. The largest absolute Gasteiger partial charge is 0.342 e. The van der Waals surface area contributed by atoms with Crippen LogP contribution >= 0.6 is 11.3 Å². The Bertz CT molecular complexity index is 455. The van der Waals surface area contributed by atoms with Crippen LogP contribution in [0.4, 0.5) is 0 Å². The van der Waals surface area contributed by atoms with Gasteiger partial charge in [0, 0.05) is 36.4 Å². The molecular formula is C15H22N2OS. The molecule has 0 N–H and O–H groups in total. The van der Waals surface area contributed by atoms with Crippen molar-refractivity contribution in [3.8, 4) is 0 Å². The molecule has 1 aromatic heterocycles. The predicted octanol–water partition coefficient (Wildman–Crippen LogP) is 2.52. The Kier molecular flexibility index (Phi) is 4.77. The van der Waals surface area contributed by atoms with E-state index in [0.29, 0.717) is 5.92 Å². The Labute approximate surface area is 119 Å². The number of aryl methyl sites for hydroxylation is 1. The van der Waals surface area contributed by atoms with Gasteiger partial charge in [0.05, 0.1) is 0 Å². The van der Waals surface area contributed by atoms with Crippen molar-refractivity contribution in [3.05, 3.63) is 34.5 Å². The predicted molar refractivity (Wildman–Crippen MR) is 80.3 cm³/mol. The van der Waals surface area contributed by atoms with E-state index in [1.54, 1.807) is 4.90 Å². The number of rotatable bonds is 5. The second-order valence-corrected chi connectivity index (χ2v) is 6.70. The molecule has 1 fully saturated rings. The van der Waals surface area contributed by atoms with E-state index in [1.165, 1.54) is 22.3 Å². The van der Waals surface area contributed by atoms with Crippen LogP contribution in [0.1, 0.15) is 16.2 Å². The van der Waals surface area contributed by atoms with Crippen LogP contribution in [0.5, 0.6) is 0 Å². The minimum atomic E-state index is 0.0207. The zero-order chi connectivity index (χ0) is 13.8. The van der Waals surface area contributed by atoms with E-state index in [-0.39, 0.29) is 5.91 Å². The van der Waals surface area contributed by atoms with Gasteiger partial charge in [-0.1, -0.05) is 6.58 Å². The van der Waals surface area contributed by atoms with Crippen molar-refractivity contribution < 1.29 is 4.79 Å². The molecule has 0 saturated carbocycles. The number of carbonyl (C=O) groups is 1. The van der Waals surface area contributed by atoms with Gasteiger partial charge in [-0.15, -0.1) is 11.3 Å². The molecule has 1 unspecified atom stereocenters. The third kappa shape index (κ3) is 3.91. The molecule has 0 radical (unpaired) electrons. The molecule has 1 saturated heterocycles. The van der Waals surface area contributed by atoms with Crippen LogP contribution in [0, 0.1) is 12.8 Å². The van der Waals surface area contributed by atoms with E-state index in [0.717, 1.165) is 26.2 Å². The fourth-order valence-electron chi connectivity index (χ4n) is 2.63. The number of likely N-dealkylation sites (N-methyl/N-ethyl adjacent to an activating group) is 1. The minimum absolute atomic E-state index is 0.0207. The fraction of sp³-hybridized carbons (Fsp3) is 0.533. The van der Waals surface area contributed by atoms with E-state index >= 15 is 0 Å². The molecule has 0 aromatic carbocycles. The van der Waals surface area contributed by atoms with E-state index in [1.807, 2.05) is 18.4 Å². The van der Waals surface area contributed by atoms with E-state index in [2.05, 4.69) is 30.5 Å². The molecule has 19 heavy (non-hydrogen) atoms. The highest BCUT2D eigenvalue weighted by Crippen LogP contribution is 2.22. The maximum absolute atomic E-state index is 11.5. The van der Waals surface area contributed by atoms with Crippen molar-refractivity contribution in [3.63, 3.8) is 0 Å². The molecule has 0 spiro atoms. The molecule has 0 aliphatic carbocycles. The average molecular weight is 278 g/mol. The van der Waals surface area contributed by atoms with Crippen LogP contribution in [0.25, 0.3) is 0 Å². The molecule has 1 atom stereocenters. The quantitative estimate of drug-likeness (QED) is 0.773.